The Bertz CT molecular complexity index is 1430. The third-order valence-electron chi connectivity index (χ3n) is 6.41. The number of aryl methyl sites for hydroxylation is 1. The van der Waals surface area contributed by atoms with Crippen molar-refractivity contribution in [3.8, 4) is 17.0 Å². The van der Waals surface area contributed by atoms with Crippen LogP contribution in [0, 0.1) is 0 Å². The zero-order valence-electron chi connectivity index (χ0n) is 19.6. The van der Waals surface area contributed by atoms with Crippen LogP contribution in [0.1, 0.15) is 26.3 Å². The topological polar surface area (TPSA) is 65.2 Å². The molecule has 0 aliphatic carbocycles. The van der Waals surface area contributed by atoms with Gasteiger partial charge in [-0.25, -0.2) is 18.6 Å². The molecule has 1 aliphatic rings. The second kappa shape index (κ2) is 8.16. The van der Waals surface area contributed by atoms with Crippen molar-refractivity contribution in [2.45, 2.75) is 38.3 Å². The van der Waals surface area contributed by atoms with Crippen LogP contribution in [-0.2, 0) is 7.05 Å². The van der Waals surface area contributed by atoms with Crippen molar-refractivity contribution >= 4 is 21.9 Å². The second-order valence-electron chi connectivity index (χ2n) is 9.29. The van der Waals surface area contributed by atoms with Gasteiger partial charge >= 0.3 is 5.69 Å². The molecule has 1 atom stereocenters. The van der Waals surface area contributed by atoms with Crippen molar-refractivity contribution in [2.75, 3.05) is 20.1 Å². The first-order valence-corrected chi connectivity index (χ1v) is 11.3. The molecule has 0 N–H and O–H groups in total. The molecular formula is C25H27F2N5O2. The molecule has 0 saturated carbocycles. The Labute approximate surface area is 195 Å². The summed E-state index contributed by atoms with van der Waals surface area (Å²) in [4.78, 5) is 23.7. The fourth-order valence-corrected chi connectivity index (χ4v) is 4.77. The zero-order valence-corrected chi connectivity index (χ0v) is 19.6. The molecule has 1 fully saturated rings. The summed E-state index contributed by atoms with van der Waals surface area (Å²) in [6.45, 7) is 3.98. The first kappa shape index (κ1) is 22.5. The lowest BCUT2D eigenvalue weighted by molar-refractivity contribution is -0.0977. The van der Waals surface area contributed by atoms with E-state index in [1.807, 2.05) is 38.1 Å². The predicted molar refractivity (Wildman–Crippen MR) is 128 cm³/mol. The third kappa shape index (κ3) is 3.73. The van der Waals surface area contributed by atoms with Crippen molar-refractivity contribution in [1.29, 1.82) is 0 Å². The number of fused-ring (bicyclic) bond motifs is 3. The summed E-state index contributed by atoms with van der Waals surface area (Å²) in [5.41, 5.74) is 2.90. The number of rotatable bonds is 4. The predicted octanol–water partition coefficient (Wildman–Crippen LogP) is 4.25. The summed E-state index contributed by atoms with van der Waals surface area (Å²) in [6, 6.07) is 8.14. The van der Waals surface area contributed by atoms with E-state index in [0.29, 0.717) is 34.4 Å². The molecule has 0 unspecified atom stereocenters. The molecule has 1 aromatic carbocycles. The van der Waals surface area contributed by atoms with Gasteiger partial charge in [0, 0.05) is 36.8 Å². The highest BCUT2D eigenvalue weighted by molar-refractivity contribution is 6.04. The van der Waals surface area contributed by atoms with Gasteiger partial charge in [-0.1, -0.05) is 6.07 Å². The molecule has 0 amide bonds. The molecule has 1 aliphatic heterocycles. The highest BCUT2D eigenvalue weighted by Gasteiger charge is 2.46. The first-order chi connectivity index (χ1) is 16.2. The van der Waals surface area contributed by atoms with E-state index in [1.165, 1.54) is 9.13 Å². The van der Waals surface area contributed by atoms with Gasteiger partial charge in [-0.3, -0.25) is 14.1 Å². The maximum Gasteiger partial charge on any atom is 0.329 e. The summed E-state index contributed by atoms with van der Waals surface area (Å²) >= 11 is 0. The van der Waals surface area contributed by atoms with E-state index in [9.17, 15) is 4.79 Å². The standard InChI is InChI=1S/C25H27F2N5O2/c1-15(2)34-22-8-6-17(12-29-22)16-5-7-19-18(11-16)23-20(13-28-19)31(4)24(33)32(23)21-9-10-30(3)14-25(21,26)27/h5-8,11-13,15,21H,9-10,14H2,1-4H3/t21-/m1/s1. The van der Waals surface area contributed by atoms with Crippen LogP contribution in [0.2, 0.25) is 0 Å². The van der Waals surface area contributed by atoms with Gasteiger partial charge < -0.3 is 9.64 Å². The number of hydrogen-bond donors (Lipinski definition) is 0. The lowest BCUT2D eigenvalue weighted by atomic mass is 10.00. The molecule has 3 aromatic heterocycles. The van der Waals surface area contributed by atoms with Gasteiger partial charge in [0.15, 0.2) is 0 Å². The Hall–Kier alpha value is -3.33. The Kier molecular flexibility index (Phi) is 5.39. The minimum Gasteiger partial charge on any atom is -0.475 e. The van der Waals surface area contributed by atoms with E-state index >= 15 is 8.78 Å². The highest BCUT2D eigenvalue weighted by Crippen LogP contribution is 2.39. The summed E-state index contributed by atoms with van der Waals surface area (Å²) < 4.78 is 38.6. The summed E-state index contributed by atoms with van der Waals surface area (Å²) in [6.07, 6.45) is 3.51. The van der Waals surface area contributed by atoms with Gasteiger partial charge in [0.1, 0.15) is 6.04 Å². The minimum absolute atomic E-state index is 0.0193. The molecule has 9 heteroatoms. The van der Waals surface area contributed by atoms with Crippen LogP contribution in [0.3, 0.4) is 0 Å². The zero-order chi connectivity index (χ0) is 24.2. The number of imidazole rings is 1. The lowest BCUT2D eigenvalue weighted by Gasteiger charge is -2.37. The van der Waals surface area contributed by atoms with Crippen LogP contribution in [-0.4, -0.2) is 56.2 Å². The number of alkyl halides is 2. The maximum atomic E-state index is 15.1. The van der Waals surface area contributed by atoms with Gasteiger partial charge in [-0.15, -0.1) is 0 Å². The lowest BCUT2D eigenvalue weighted by Crippen LogP contribution is -2.49. The molecule has 4 aromatic rings. The summed E-state index contributed by atoms with van der Waals surface area (Å²) in [7, 11) is 3.27. The molecule has 178 valence electrons. The number of piperidine rings is 1. The van der Waals surface area contributed by atoms with E-state index in [-0.39, 0.29) is 19.1 Å². The summed E-state index contributed by atoms with van der Waals surface area (Å²) in [5, 5.41) is 0.657. The largest absolute Gasteiger partial charge is 0.475 e. The number of nitrogens with zero attached hydrogens (tertiary/aromatic N) is 5. The number of halogens is 2. The Morgan fingerprint density at radius 3 is 2.53 bits per heavy atom. The van der Waals surface area contributed by atoms with Crippen molar-refractivity contribution in [2.24, 2.45) is 7.05 Å². The van der Waals surface area contributed by atoms with Crippen LogP contribution in [0.25, 0.3) is 33.1 Å². The summed E-state index contributed by atoms with van der Waals surface area (Å²) in [5.74, 6) is -2.50. The number of pyridine rings is 2. The van der Waals surface area contributed by atoms with Crippen LogP contribution in [0.5, 0.6) is 5.88 Å². The number of benzene rings is 1. The van der Waals surface area contributed by atoms with Crippen LogP contribution in [0.15, 0.2) is 47.5 Å². The fraction of sp³-hybridized carbons (Fsp3) is 0.400. The highest BCUT2D eigenvalue weighted by atomic mass is 19.3. The van der Waals surface area contributed by atoms with Crippen molar-refractivity contribution < 1.29 is 13.5 Å². The molecule has 4 heterocycles. The third-order valence-corrected chi connectivity index (χ3v) is 6.41. The van der Waals surface area contributed by atoms with Gasteiger partial charge in [0.2, 0.25) is 5.88 Å². The monoisotopic (exact) mass is 467 g/mol. The molecule has 0 radical (unpaired) electrons. The van der Waals surface area contributed by atoms with E-state index < -0.39 is 17.7 Å². The van der Waals surface area contributed by atoms with Crippen LogP contribution < -0.4 is 10.4 Å². The van der Waals surface area contributed by atoms with Crippen LogP contribution in [0.4, 0.5) is 8.78 Å². The molecule has 34 heavy (non-hydrogen) atoms. The Balaban J connectivity index is 1.69. The van der Waals surface area contributed by atoms with Crippen molar-refractivity contribution in [3.05, 3.63) is 53.2 Å². The smallest absolute Gasteiger partial charge is 0.329 e. The average Bonchev–Trinajstić information content (AvgIpc) is 3.03. The SMILES string of the molecule is CC(C)Oc1ccc(-c2ccc3ncc4c(c3c2)n([C@@H]2CCN(C)CC2(F)F)c(=O)n4C)cn1. The van der Waals surface area contributed by atoms with Gasteiger partial charge in [0.25, 0.3) is 5.92 Å². The molecular weight excluding hydrogens is 440 g/mol. The number of aromatic nitrogens is 4. The fourth-order valence-electron chi connectivity index (χ4n) is 4.77. The molecule has 7 nitrogen and oxygen atoms in total. The van der Waals surface area contributed by atoms with Gasteiger partial charge in [-0.05, 0) is 51.1 Å². The molecule has 0 bridgehead atoms. The average molecular weight is 468 g/mol. The Morgan fingerprint density at radius 2 is 1.85 bits per heavy atom. The quantitative estimate of drug-likeness (QED) is 0.449. The van der Waals surface area contributed by atoms with E-state index in [1.54, 1.807) is 37.5 Å². The number of hydrogen-bond acceptors (Lipinski definition) is 5. The molecule has 5 rings (SSSR count). The van der Waals surface area contributed by atoms with Gasteiger partial charge in [0.05, 0.1) is 35.4 Å². The first-order valence-electron chi connectivity index (χ1n) is 11.3. The van der Waals surface area contributed by atoms with E-state index in [0.717, 1.165) is 11.1 Å². The second-order valence-corrected chi connectivity index (χ2v) is 9.29. The Morgan fingerprint density at radius 1 is 1.09 bits per heavy atom. The minimum atomic E-state index is -3.03. The van der Waals surface area contributed by atoms with E-state index in [4.69, 9.17) is 4.74 Å². The normalized spacial score (nSPS) is 18.7. The molecule has 0 spiro atoms. The van der Waals surface area contributed by atoms with Gasteiger partial charge in [-0.2, -0.15) is 0 Å². The molecule has 1 saturated heterocycles. The maximum absolute atomic E-state index is 15.1. The number of ether oxygens (including phenoxy) is 1. The van der Waals surface area contributed by atoms with Crippen molar-refractivity contribution in [1.82, 2.24) is 24.0 Å². The van der Waals surface area contributed by atoms with E-state index in [2.05, 4.69) is 9.97 Å². The van der Waals surface area contributed by atoms with Crippen LogP contribution >= 0.6 is 0 Å². The van der Waals surface area contributed by atoms with Crippen molar-refractivity contribution in [3.63, 3.8) is 0 Å². The number of likely N-dealkylation sites (tertiary alicyclic amines) is 1.